The Balaban J connectivity index is 1.50. The van der Waals surface area contributed by atoms with E-state index < -0.39 is 15.9 Å². The summed E-state index contributed by atoms with van der Waals surface area (Å²) in [6.07, 6.45) is 2.01. The van der Waals surface area contributed by atoms with E-state index in [0.717, 1.165) is 11.1 Å². The summed E-state index contributed by atoms with van der Waals surface area (Å²) in [6, 6.07) is 13.4. The predicted octanol–water partition coefficient (Wildman–Crippen LogP) is 3.64. The number of amides is 2. The first-order chi connectivity index (χ1) is 15.2. The number of sulfonamides is 1. The monoisotopic (exact) mass is 509 g/mol. The van der Waals surface area contributed by atoms with Crippen LogP contribution in [0.25, 0.3) is 6.08 Å². The molecular weight excluding hydrogens is 490 g/mol. The van der Waals surface area contributed by atoms with Crippen molar-refractivity contribution >= 4 is 67.8 Å². The van der Waals surface area contributed by atoms with Crippen LogP contribution in [-0.4, -0.2) is 36.0 Å². The maximum Gasteiger partial charge on any atom is 0.266 e. The molecule has 32 heavy (non-hydrogen) atoms. The van der Waals surface area contributed by atoms with Crippen LogP contribution < -0.4 is 10.3 Å². The Morgan fingerprint density at radius 2 is 1.88 bits per heavy atom. The van der Waals surface area contributed by atoms with Gasteiger partial charge in [-0.3, -0.25) is 19.9 Å². The van der Waals surface area contributed by atoms with Gasteiger partial charge >= 0.3 is 0 Å². The summed E-state index contributed by atoms with van der Waals surface area (Å²) in [5, 5.41) is 0.530. The van der Waals surface area contributed by atoms with Crippen molar-refractivity contribution in [3.63, 3.8) is 0 Å². The summed E-state index contributed by atoms with van der Waals surface area (Å²) in [7, 11) is -3.86. The summed E-state index contributed by atoms with van der Waals surface area (Å²) in [4.78, 5) is 28.7. The highest BCUT2D eigenvalue weighted by atomic mass is 35.5. The van der Waals surface area contributed by atoms with Gasteiger partial charge in [-0.2, -0.15) is 0 Å². The van der Waals surface area contributed by atoms with Crippen molar-refractivity contribution in [2.24, 2.45) is 0 Å². The standard InChI is InChI=1S/C21H20ClN3O4S3/c1-14-8-10-16(11-9-14)32(28,29)24-23-19(26)7-4-12-25-20(27)18(31-21(25)30)13-15-5-2-3-6-17(15)22/h2-3,5-6,8-11,13,24H,4,7,12H2,1H3,(H,23,26)/b18-13-. The molecule has 0 spiro atoms. The molecule has 0 bridgehead atoms. The van der Waals surface area contributed by atoms with Crippen molar-refractivity contribution in [2.75, 3.05) is 6.54 Å². The lowest BCUT2D eigenvalue weighted by Gasteiger charge is -2.14. The van der Waals surface area contributed by atoms with Crippen LogP contribution in [-0.2, 0) is 19.6 Å². The fourth-order valence-corrected chi connectivity index (χ4v) is 5.14. The molecule has 0 aromatic heterocycles. The molecule has 1 aliphatic heterocycles. The van der Waals surface area contributed by atoms with E-state index in [-0.39, 0.29) is 23.8 Å². The Hall–Kier alpha value is -2.24. The first kappa shape index (κ1) is 24.4. The number of carbonyl (C=O) groups is 2. The van der Waals surface area contributed by atoms with Crippen molar-refractivity contribution in [3.8, 4) is 0 Å². The molecule has 168 valence electrons. The summed E-state index contributed by atoms with van der Waals surface area (Å²) < 4.78 is 24.8. The minimum absolute atomic E-state index is 0.0110. The zero-order valence-electron chi connectivity index (χ0n) is 17.0. The number of hydrogen-bond acceptors (Lipinski definition) is 6. The molecule has 1 fully saturated rings. The molecule has 1 saturated heterocycles. The molecule has 3 rings (SSSR count). The predicted molar refractivity (Wildman–Crippen MR) is 130 cm³/mol. The van der Waals surface area contributed by atoms with Crippen LogP contribution >= 0.6 is 35.6 Å². The lowest BCUT2D eigenvalue weighted by molar-refractivity contribution is -0.124. The number of halogens is 1. The zero-order valence-corrected chi connectivity index (χ0v) is 20.2. The number of thiocarbonyl (C=S) groups is 1. The highest BCUT2D eigenvalue weighted by Crippen LogP contribution is 2.33. The van der Waals surface area contributed by atoms with Crippen LogP contribution in [0.4, 0.5) is 0 Å². The normalized spacial score (nSPS) is 15.4. The van der Waals surface area contributed by atoms with Gasteiger partial charge in [0.05, 0.1) is 9.80 Å². The van der Waals surface area contributed by atoms with Crippen LogP contribution in [0.15, 0.2) is 58.3 Å². The third-order valence-electron chi connectivity index (χ3n) is 4.51. The van der Waals surface area contributed by atoms with E-state index in [1.807, 2.05) is 13.0 Å². The van der Waals surface area contributed by atoms with Gasteiger partial charge in [-0.25, -0.2) is 8.42 Å². The number of aryl methyl sites for hydroxylation is 1. The van der Waals surface area contributed by atoms with Gasteiger partial charge in [0.25, 0.3) is 15.9 Å². The van der Waals surface area contributed by atoms with Gasteiger partial charge in [0.2, 0.25) is 5.91 Å². The molecule has 1 aliphatic rings. The maximum atomic E-state index is 12.7. The zero-order chi connectivity index (χ0) is 23.3. The van der Waals surface area contributed by atoms with Crippen molar-refractivity contribution in [3.05, 3.63) is 69.6 Å². The van der Waals surface area contributed by atoms with Gasteiger partial charge in [0.1, 0.15) is 4.32 Å². The molecule has 0 unspecified atom stereocenters. The van der Waals surface area contributed by atoms with Crippen LogP contribution in [0.2, 0.25) is 5.02 Å². The molecule has 0 aliphatic carbocycles. The van der Waals surface area contributed by atoms with Gasteiger partial charge < -0.3 is 0 Å². The molecule has 2 amide bonds. The number of nitrogens with zero attached hydrogens (tertiary/aromatic N) is 1. The van der Waals surface area contributed by atoms with E-state index in [1.54, 1.807) is 36.4 Å². The highest BCUT2D eigenvalue weighted by Gasteiger charge is 2.31. The third-order valence-corrected chi connectivity index (χ3v) is 7.49. The summed E-state index contributed by atoms with van der Waals surface area (Å²) in [5.74, 6) is -0.766. The Morgan fingerprint density at radius 3 is 2.56 bits per heavy atom. The Kier molecular flexibility index (Phi) is 8.07. The second kappa shape index (κ2) is 10.6. The first-order valence-electron chi connectivity index (χ1n) is 9.54. The van der Waals surface area contributed by atoms with Crippen LogP contribution in [0, 0.1) is 6.92 Å². The molecule has 0 radical (unpaired) electrons. The van der Waals surface area contributed by atoms with Gasteiger partial charge in [-0.15, -0.1) is 4.83 Å². The second-order valence-electron chi connectivity index (χ2n) is 6.93. The topological polar surface area (TPSA) is 95.6 Å². The average Bonchev–Trinajstić information content (AvgIpc) is 3.01. The summed E-state index contributed by atoms with van der Waals surface area (Å²) in [5.41, 5.74) is 3.83. The summed E-state index contributed by atoms with van der Waals surface area (Å²) in [6.45, 7) is 2.08. The molecule has 2 aromatic rings. The average molecular weight is 510 g/mol. The Labute approximate surface area is 201 Å². The van der Waals surface area contributed by atoms with E-state index >= 15 is 0 Å². The summed E-state index contributed by atoms with van der Waals surface area (Å²) >= 11 is 12.6. The fourth-order valence-electron chi connectivity index (χ4n) is 2.79. The van der Waals surface area contributed by atoms with Crippen molar-refractivity contribution < 1.29 is 18.0 Å². The number of thioether (sulfide) groups is 1. The maximum absolute atomic E-state index is 12.7. The smallest absolute Gasteiger partial charge is 0.266 e. The van der Waals surface area contributed by atoms with Gasteiger partial charge in [-0.05, 0) is 43.2 Å². The molecule has 7 nitrogen and oxygen atoms in total. The van der Waals surface area contributed by atoms with Crippen LogP contribution in [0.5, 0.6) is 0 Å². The van der Waals surface area contributed by atoms with Gasteiger partial charge in [0.15, 0.2) is 0 Å². The minimum atomic E-state index is -3.86. The lowest BCUT2D eigenvalue weighted by Crippen LogP contribution is -2.41. The Morgan fingerprint density at radius 1 is 1.19 bits per heavy atom. The number of hydrazine groups is 1. The Bertz CT molecular complexity index is 1180. The number of nitrogens with one attached hydrogen (secondary N) is 2. The van der Waals surface area contributed by atoms with Crippen LogP contribution in [0.1, 0.15) is 24.0 Å². The van der Waals surface area contributed by atoms with E-state index in [4.69, 9.17) is 23.8 Å². The fraction of sp³-hybridized carbons (Fsp3) is 0.190. The first-order valence-corrected chi connectivity index (χ1v) is 12.6. The molecule has 2 N–H and O–H groups in total. The van der Waals surface area contributed by atoms with Crippen molar-refractivity contribution in [1.82, 2.24) is 15.2 Å². The number of carbonyl (C=O) groups excluding carboxylic acids is 2. The van der Waals surface area contributed by atoms with E-state index in [9.17, 15) is 18.0 Å². The third kappa shape index (κ3) is 6.17. The van der Waals surface area contributed by atoms with Crippen LogP contribution in [0.3, 0.4) is 0 Å². The second-order valence-corrected chi connectivity index (χ2v) is 10.7. The van der Waals surface area contributed by atoms with E-state index in [1.165, 1.54) is 28.8 Å². The molecule has 1 heterocycles. The molecular formula is C21H20ClN3O4S3. The highest BCUT2D eigenvalue weighted by molar-refractivity contribution is 8.26. The minimum Gasteiger partial charge on any atom is -0.293 e. The van der Waals surface area contributed by atoms with Gasteiger partial charge in [0, 0.05) is 18.0 Å². The quantitative estimate of drug-likeness (QED) is 0.320. The number of rotatable bonds is 8. The van der Waals surface area contributed by atoms with Crippen molar-refractivity contribution in [1.29, 1.82) is 0 Å². The number of hydrogen-bond donors (Lipinski definition) is 2. The SMILES string of the molecule is Cc1ccc(S(=O)(=O)NNC(=O)CCCN2C(=O)/C(=C/c3ccccc3Cl)SC2=S)cc1. The molecule has 0 saturated carbocycles. The number of benzene rings is 2. The van der Waals surface area contributed by atoms with E-state index in [0.29, 0.717) is 20.7 Å². The van der Waals surface area contributed by atoms with Gasteiger partial charge in [-0.1, -0.05) is 71.5 Å². The molecule has 2 aromatic carbocycles. The molecule has 0 atom stereocenters. The van der Waals surface area contributed by atoms with Crippen molar-refractivity contribution in [2.45, 2.75) is 24.7 Å². The molecule has 11 heteroatoms. The lowest BCUT2D eigenvalue weighted by atomic mass is 10.2. The largest absolute Gasteiger partial charge is 0.293 e. The van der Waals surface area contributed by atoms with E-state index in [2.05, 4.69) is 10.3 Å².